The first-order valence-electron chi connectivity index (χ1n) is 4.64. The molecule has 7 nitrogen and oxygen atoms in total. The van der Waals surface area contributed by atoms with Crippen molar-refractivity contribution in [2.24, 2.45) is 10.9 Å². The maximum Gasteiger partial charge on any atom is 0.192 e. The minimum Gasteiger partial charge on any atom is -0.409 e. The zero-order valence-electron chi connectivity index (χ0n) is 8.87. The summed E-state index contributed by atoms with van der Waals surface area (Å²) in [5.74, 6) is 0.204. The van der Waals surface area contributed by atoms with Crippen LogP contribution < -0.4 is 5.73 Å². The lowest BCUT2D eigenvalue weighted by Gasteiger charge is -2.04. The van der Waals surface area contributed by atoms with E-state index in [1.54, 1.807) is 13.1 Å². The van der Waals surface area contributed by atoms with E-state index in [1.165, 1.54) is 17.1 Å². The van der Waals surface area contributed by atoms with Crippen LogP contribution in [0.25, 0.3) is 5.82 Å². The molecule has 3 N–H and O–H groups in total. The van der Waals surface area contributed by atoms with Gasteiger partial charge in [-0.05, 0) is 6.92 Å². The van der Waals surface area contributed by atoms with Gasteiger partial charge < -0.3 is 10.9 Å². The number of amidine groups is 1. The average molecular weight is 253 g/mol. The molecule has 0 aliphatic rings. The van der Waals surface area contributed by atoms with E-state index in [4.69, 9.17) is 22.5 Å². The molecule has 2 aromatic heterocycles. The number of rotatable bonds is 2. The fourth-order valence-electron chi connectivity index (χ4n) is 1.27. The van der Waals surface area contributed by atoms with Gasteiger partial charge in [0, 0.05) is 12.4 Å². The molecule has 17 heavy (non-hydrogen) atoms. The van der Waals surface area contributed by atoms with Gasteiger partial charge in [-0.15, -0.1) is 0 Å². The van der Waals surface area contributed by atoms with Crippen LogP contribution in [0.5, 0.6) is 0 Å². The normalized spacial score (nSPS) is 11.8. The van der Waals surface area contributed by atoms with Gasteiger partial charge in [0.05, 0.1) is 16.9 Å². The Kier molecular flexibility index (Phi) is 2.92. The van der Waals surface area contributed by atoms with Crippen LogP contribution in [0, 0.1) is 6.92 Å². The highest BCUT2D eigenvalue weighted by Crippen LogP contribution is 2.16. The van der Waals surface area contributed by atoms with Gasteiger partial charge in [0.1, 0.15) is 0 Å². The van der Waals surface area contributed by atoms with Gasteiger partial charge in [-0.2, -0.15) is 5.10 Å². The summed E-state index contributed by atoms with van der Waals surface area (Å²) >= 11 is 5.90. The molecule has 0 atom stereocenters. The second-order valence-corrected chi connectivity index (χ2v) is 3.63. The van der Waals surface area contributed by atoms with E-state index in [0.29, 0.717) is 16.5 Å². The van der Waals surface area contributed by atoms with Crippen LogP contribution in [0.15, 0.2) is 23.7 Å². The Balaban J connectivity index is 2.59. The summed E-state index contributed by atoms with van der Waals surface area (Å²) < 4.78 is 1.43. The number of aromatic nitrogens is 4. The van der Waals surface area contributed by atoms with Crippen LogP contribution in [0.1, 0.15) is 11.4 Å². The van der Waals surface area contributed by atoms with Gasteiger partial charge in [-0.3, -0.25) is 0 Å². The molecule has 0 saturated carbocycles. The van der Waals surface area contributed by atoms with Crippen molar-refractivity contribution in [1.29, 1.82) is 0 Å². The second kappa shape index (κ2) is 4.38. The fourth-order valence-corrected chi connectivity index (χ4v) is 1.40. The van der Waals surface area contributed by atoms with Crippen molar-refractivity contribution in [1.82, 2.24) is 19.7 Å². The summed E-state index contributed by atoms with van der Waals surface area (Å²) in [6.07, 6.45) is 4.50. The molecule has 0 aliphatic carbocycles. The molecule has 0 spiro atoms. The van der Waals surface area contributed by atoms with E-state index in [1.807, 2.05) is 0 Å². The predicted octanol–water partition coefficient (Wildman–Crippen LogP) is 0.719. The van der Waals surface area contributed by atoms with E-state index >= 15 is 0 Å². The van der Waals surface area contributed by atoms with Crippen molar-refractivity contribution < 1.29 is 5.21 Å². The van der Waals surface area contributed by atoms with Crippen molar-refractivity contribution in [3.8, 4) is 5.82 Å². The lowest BCUT2D eigenvalue weighted by molar-refractivity contribution is 0.318. The number of nitrogens with zero attached hydrogens (tertiary/aromatic N) is 5. The number of hydrogen-bond donors (Lipinski definition) is 2. The third kappa shape index (κ3) is 2.04. The van der Waals surface area contributed by atoms with Gasteiger partial charge in [-0.1, -0.05) is 16.8 Å². The SMILES string of the molecule is Cc1nn(-c2nccnc2C(N)=NO)cc1Cl. The Bertz CT molecular complexity index is 559. The Morgan fingerprint density at radius 2 is 2.18 bits per heavy atom. The van der Waals surface area contributed by atoms with E-state index in [2.05, 4.69) is 20.2 Å². The van der Waals surface area contributed by atoms with Crippen molar-refractivity contribution in [3.05, 3.63) is 35.0 Å². The molecule has 0 fully saturated rings. The zero-order chi connectivity index (χ0) is 12.4. The van der Waals surface area contributed by atoms with E-state index < -0.39 is 0 Å². The van der Waals surface area contributed by atoms with Crippen molar-refractivity contribution in [3.63, 3.8) is 0 Å². The van der Waals surface area contributed by atoms with Crippen molar-refractivity contribution >= 4 is 17.4 Å². The Labute approximate surface area is 102 Å². The lowest BCUT2D eigenvalue weighted by Crippen LogP contribution is -2.19. The molecule has 0 aromatic carbocycles. The number of aryl methyl sites for hydroxylation is 1. The van der Waals surface area contributed by atoms with Crippen molar-refractivity contribution in [2.45, 2.75) is 6.92 Å². The second-order valence-electron chi connectivity index (χ2n) is 3.22. The third-order valence-electron chi connectivity index (χ3n) is 2.09. The number of oxime groups is 1. The molecular formula is C9H9ClN6O. The lowest BCUT2D eigenvalue weighted by atomic mass is 10.4. The summed E-state index contributed by atoms with van der Waals surface area (Å²) in [4.78, 5) is 8.06. The molecule has 0 unspecified atom stereocenters. The molecule has 0 saturated heterocycles. The molecule has 0 bridgehead atoms. The van der Waals surface area contributed by atoms with Crippen LogP contribution in [0.4, 0.5) is 0 Å². The van der Waals surface area contributed by atoms with Gasteiger partial charge >= 0.3 is 0 Å². The van der Waals surface area contributed by atoms with Gasteiger partial charge in [0.2, 0.25) is 0 Å². The first-order chi connectivity index (χ1) is 8.13. The van der Waals surface area contributed by atoms with Crippen LogP contribution in [-0.2, 0) is 0 Å². The molecule has 0 amide bonds. The molecule has 2 aromatic rings. The van der Waals surface area contributed by atoms with Crippen LogP contribution >= 0.6 is 11.6 Å². The minimum absolute atomic E-state index is 0.141. The molecule has 8 heteroatoms. The van der Waals surface area contributed by atoms with Gasteiger partial charge in [0.25, 0.3) is 0 Å². The maximum atomic E-state index is 8.66. The minimum atomic E-state index is -0.141. The Morgan fingerprint density at radius 1 is 1.47 bits per heavy atom. The average Bonchev–Trinajstić information content (AvgIpc) is 2.68. The van der Waals surface area contributed by atoms with Gasteiger partial charge in [0.15, 0.2) is 17.3 Å². The third-order valence-corrected chi connectivity index (χ3v) is 2.46. The van der Waals surface area contributed by atoms with E-state index in [9.17, 15) is 0 Å². The molecule has 0 aliphatic heterocycles. The number of nitrogens with two attached hydrogens (primary N) is 1. The monoisotopic (exact) mass is 252 g/mol. The largest absolute Gasteiger partial charge is 0.409 e. The zero-order valence-corrected chi connectivity index (χ0v) is 9.63. The summed E-state index contributed by atoms with van der Waals surface area (Å²) in [5, 5.41) is 16.2. The topological polar surface area (TPSA) is 102 Å². The summed E-state index contributed by atoms with van der Waals surface area (Å²) in [5.41, 5.74) is 6.39. The fraction of sp³-hybridized carbons (Fsp3) is 0.111. The highest BCUT2D eigenvalue weighted by atomic mass is 35.5. The van der Waals surface area contributed by atoms with E-state index in [-0.39, 0.29) is 11.5 Å². The molecule has 2 heterocycles. The van der Waals surface area contributed by atoms with Crippen LogP contribution in [0.3, 0.4) is 0 Å². The van der Waals surface area contributed by atoms with Crippen LogP contribution in [-0.4, -0.2) is 30.8 Å². The Hall–Kier alpha value is -2.15. The number of halogens is 1. The molecule has 0 radical (unpaired) electrons. The standard InChI is InChI=1S/C9H9ClN6O/c1-5-6(10)4-16(14-5)9-7(8(11)15-17)12-2-3-13-9/h2-4,17H,1H3,(H2,11,15). The maximum absolute atomic E-state index is 8.66. The summed E-state index contributed by atoms with van der Waals surface area (Å²) in [6.45, 7) is 1.76. The Morgan fingerprint density at radius 3 is 2.76 bits per heavy atom. The summed E-state index contributed by atoms with van der Waals surface area (Å²) in [6, 6.07) is 0. The van der Waals surface area contributed by atoms with Gasteiger partial charge in [-0.25, -0.2) is 14.6 Å². The molecule has 88 valence electrons. The smallest absolute Gasteiger partial charge is 0.192 e. The highest BCUT2D eigenvalue weighted by molar-refractivity contribution is 6.31. The van der Waals surface area contributed by atoms with E-state index in [0.717, 1.165) is 0 Å². The van der Waals surface area contributed by atoms with Crippen molar-refractivity contribution in [2.75, 3.05) is 0 Å². The highest BCUT2D eigenvalue weighted by Gasteiger charge is 2.13. The summed E-state index contributed by atoms with van der Waals surface area (Å²) in [7, 11) is 0. The first-order valence-corrected chi connectivity index (χ1v) is 5.02. The molecular weight excluding hydrogens is 244 g/mol. The number of hydrogen-bond acceptors (Lipinski definition) is 5. The quantitative estimate of drug-likeness (QED) is 0.355. The van der Waals surface area contributed by atoms with Crippen LogP contribution in [0.2, 0.25) is 5.02 Å². The first kappa shape index (κ1) is 11.3. The molecule has 2 rings (SSSR count). The predicted molar refractivity (Wildman–Crippen MR) is 61.4 cm³/mol.